The molecule has 0 bridgehead atoms. The summed E-state index contributed by atoms with van der Waals surface area (Å²) in [5.74, 6) is 0.848. The van der Waals surface area contributed by atoms with Crippen LogP contribution in [-0.2, 0) is 9.47 Å². The molecule has 1 heterocycles. The van der Waals surface area contributed by atoms with Crippen molar-refractivity contribution >= 4 is 6.02 Å². The maximum Gasteiger partial charge on any atom is 0.282 e. The summed E-state index contributed by atoms with van der Waals surface area (Å²) in [6, 6.07) is 9.89. The molecule has 0 fully saturated rings. The number of amidine groups is 1. The minimum absolute atomic E-state index is 0.0493. The molecule has 0 saturated heterocycles. The number of nitrogens with two attached hydrogens (primary N) is 1. The number of para-hydroxylation sites is 1. The second-order valence-corrected chi connectivity index (χ2v) is 3.66. The van der Waals surface area contributed by atoms with Gasteiger partial charge in [0.05, 0.1) is 19.8 Å². The van der Waals surface area contributed by atoms with Crippen LogP contribution in [0.15, 0.2) is 35.3 Å². The Kier molecular flexibility index (Phi) is 4.21. The summed E-state index contributed by atoms with van der Waals surface area (Å²) in [6.45, 7) is 2.11. The van der Waals surface area contributed by atoms with Gasteiger partial charge in [-0.05, 0) is 12.1 Å². The molecule has 0 aliphatic carbocycles. The van der Waals surface area contributed by atoms with Gasteiger partial charge in [-0.25, -0.2) is 4.99 Å². The van der Waals surface area contributed by atoms with E-state index in [-0.39, 0.29) is 12.1 Å². The van der Waals surface area contributed by atoms with Crippen molar-refractivity contribution in [3.05, 3.63) is 30.3 Å². The Balaban J connectivity index is 1.53. The van der Waals surface area contributed by atoms with Crippen molar-refractivity contribution in [1.29, 1.82) is 0 Å². The molecule has 2 rings (SSSR count). The Hall–Kier alpha value is -1.75. The summed E-state index contributed by atoms with van der Waals surface area (Å²) in [4.78, 5) is 3.93. The third-order valence-electron chi connectivity index (χ3n) is 2.28. The average Bonchev–Trinajstić information content (AvgIpc) is 2.76. The fourth-order valence-electron chi connectivity index (χ4n) is 1.47. The molecule has 1 aliphatic rings. The van der Waals surface area contributed by atoms with Crippen LogP contribution in [-0.4, -0.2) is 38.5 Å². The van der Waals surface area contributed by atoms with Crippen LogP contribution in [0.1, 0.15) is 0 Å². The number of hydrogen-bond acceptors (Lipinski definition) is 5. The molecule has 0 saturated carbocycles. The van der Waals surface area contributed by atoms with Gasteiger partial charge in [0.2, 0.25) is 0 Å². The van der Waals surface area contributed by atoms with Crippen molar-refractivity contribution in [3.8, 4) is 5.75 Å². The second kappa shape index (κ2) is 6.10. The third-order valence-corrected chi connectivity index (χ3v) is 2.28. The topological polar surface area (TPSA) is 66.1 Å². The normalized spacial score (nSPS) is 18.6. The zero-order chi connectivity index (χ0) is 11.9. The van der Waals surface area contributed by atoms with E-state index in [1.165, 1.54) is 0 Å². The lowest BCUT2D eigenvalue weighted by Gasteiger charge is -2.11. The van der Waals surface area contributed by atoms with E-state index >= 15 is 0 Å². The third kappa shape index (κ3) is 3.96. The molecule has 0 spiro atoms. The lowest BCUT2D eigenvalue weighted by Crippen LogP contribution is -2.24. The van der Waals surface area contributed by atoms with Gasteiger partial charge in [-0.15, -0.1) is 0 Å². The van der Waals surface area contributed by atoms with Crippen molar-refractivity contribution < 1.29 is 14.2 Å². The first-order chi connectivity index (χ1) is 8.34. The molecule has 1 aliphatic heterocycles. The molecule has 5 nitrogen and oxygen atoms in total. The Labute approximate surface area is 100 Å². The van der Waals surface area contributed by atoms with Crippen molar-refractivity contribution in [3.63, 3.8) is 0 Å². The summed E-state index contributed by atoms with van der Waals surface area (Å²) in [5, 5.41) is 0. The quantitative estimate of drug-likeness (QED) is 0.742. The number of nitrogens with zero attached hydrogens (tertiary/aromatic N) is 1. The zero-order valence-corrected chi connectivity index (χ0v) is 9.54. The monoisotopic (exact) mass is 236 g/mol. The molecule has 1 atom stereocenters. The lowest BCUT2D eigenvalue weighted by atomic mass is 10.3. The molecule has 5 heteroatoms. The van der Waals surface area contributed by atoms with E-state index in [0.29, 0.717) is 26.4 Å². The van der Waals surface area contributed by atoms with E-state index in [9.17, 15) is 0 Å². The summed E-state index contributed by atoms with van der Waals surface area (Å²) in [5.41, 5.74) is 5.38. The van der Waals surface area contributed by atoms with Crippen LogP contribution in [0.25, 0.3) is 0 Å². The largest absolute Gasteiger partial charge is 0.491 e. The number of rotatable bonds is 6. The summed E-state index contributed by atoms with van der Waals surface area (Å²) < 4.78 is 16.1. The Bertz CT molecular complexity index is 367. The highest BCUT2D eigenvalue weighted by molar-refractivity contribution is 5.72. The Morgan fingerprint density at radius 2 is 2.12 bits per heavy atom. The predicted molar refractivity (Wildman–Crippen MR) is 64.1 cm³/mol. The minimum Gasteiger partial charge on any atom is -0.491 e. The van der Waals surface area contributed by atoms with Gasteiger partial charge in [0.1, 0.15) is 18.5 Å². The molecule has 1 aromatic carbocycles. The van der Waals surface area contributed by atoms with Gasteiger partial charge >= 0.3 is 0 Å². The highest BCUT2D eigenvalue weighted by atomic mass is 16.6. The Morgan fingerprint density at radius 1 is 1.29 bits per heavy atom. The van der Waals surface area contributed by atoms with Gasteiger partial charge < -0.3 is 19.9 Å². The van der Waals surface area contributed by atoms with E-state index < -0.39 is 0 Å². The maximum absolute atomic E-state index is 5.47. The maximum atomic E-state index is 5.47. The summed E-state index contributed by atoms with van der Waals surface area (Å²) in [7, 11) is 0. The van der Waals surface area contributed by atoms with Gasteiger partial charge in [-0.3, -0.25) is 0 Å². The van der Waals surface area contributed by atoms with Crippen LogP contribution < -0.4 is 10.5 Å². The van der Waals surface area contributed by atoms with E-state index in [0.717, 1.165) is 5.75 Å². The van der Waals surface area contributed by atoms with Gasteiger partial charge in [0.15, 0.2) is 0 Å². The summed E-state index contributed by atoms with van der Waals surface area (Å²) >= 11 is 0. The minimum atomic E-state index is -0.0493. The van der Waals surface area contributed by atoms with Crippen LogP contribution >= 0.6 is 0 Å². The van der Waals surface area contributed by atoms with Gasteiger partial charge in [0.25, 0.3) is 6.02 Å². The fourth-order valence-corrected chi connectivity index (χ4v) is 1.47. The number of aliphatic imine (C=N–C) groups is 1. The first-order valence-corrected chi connectivity index (χ1v) is 5.57. The molecule has 1 aromatic rings. The van der Waals surface area contributed by atoms with Crippen LogP contribution in [0.4, 0.5) is 0 Å². The highest BCUT2D eigenvalue weighted by Crippen LogP contribution is 2.08. The highest BCUT2D eigenvalue weighted by Gasteiger charge is 2.17. The van der Waals surface area contributed by atoms with E-state index in [1.807, 2.05) is 30.3 Å². The standard InChI is InChI=1S/C12H16N2O3/c13-12-14-8-11(17-12)9-15-6-7-16-10-4-2-1-3-5-10/h1-5,11H,6-9H2,(H2,13,14). The number of benzene rings is 1. The first kappa shape index (κ1) is 11.7. The van der Waals surface area contributed by atoms with E-state index in [4.69, 9.17) is 19.9 Å². The molecule has 17 heavy (non-hydrogen) atoms. The fraction of sp³-hybridized carbons (Fsp3) is 0.417. The van der Waals surface area contributed by atoms with E-state index in [2.05, 4.69) is 4.99 Å². The predicted octanol–water partition coefficient (Wildman–Crippen LogP) is 0.795. The smallest absolute Gasteiger partial charge is 0.282 e. The zero-order valence-electron chi connectivity index (χ0n) is 9.54. The molecule has 0 aromatic heterocycles. The molecule has 1 unspecified atom stereocenters. The number of hydrogen-bond donors (Lipinski definition) is 1. The first-order valence-electron chi connectivity index (χ1n) is 5.57. The van der Waals surface area contributed by atoms with Gasteiger partial charge in [-0.2, -0.15) is 0 Å². The Morgan fingerprint density at radius 3 is 2.82 bits per heavy atom. The molecular weight excluding hydrogens is 220 g/mol. The SMILES string of the molecule is NC1=NCC(COCCOc2ccccc2)O1. The summed E-state index contributed by atoms with van der Waals surface area (Å²) in [6.07, 6.45) is -0.0493. The molecule has 92 valence electrons. The second-order valence-electron chi connectivity index (χ2n) is 3.66. The van der Waals surface area contributed by atoms with Crippen LogP contribution in [0.3, 0.4) is 0 Å². The van der Waals surface area contributed by atoms with Crippen molar-refractivity contribution in [2.24, 2.45) is 10.7 Å². The molecule has 0 radical (unpaired) electrons. The van der Waals surface area contributed by atoms with Crippen molar-refractivity contribution in [2.45, 2.75) is 6.10 Å². The van der Waals surface area contributed by atoms with E-state index in [1.54, 1.807) is 0 Å². The molecule has 0 amide bonds. The van der Waals surface area contributed by atoms with Crippen molar-refractivity contribution in [2.75, 3.05) is 26.4 Å². The van der Waals surface area contributed by atoms with Crippen molar-refractivity contribution in [1.82, 2.24) is 0 Å². The molecule has 2 N–H and O–H groups in total. The van der Waals surface area contributed by atoms with Crippen LogP contribution in [0.5, 0.6) is 5.75 Å². The van der Waals surface area contributed by atoms with Crippen LogP contribution in [0, 0.1) is 0 Å². The van der Waals surface area contributed by atoms with Gasteiger partial charge in [-0.1, -0.05) is 18.2 Å². The average molecular weight is 236 g/mol. The lowest BCUT2D eigenvalue weighted by molar-refractivity contribution is 0.0419. The number of ether oxygens (including phenoxy) is 3. The van der Waals surface area contributed by atoms with Gasteiger partial charge in [0, 0.05) is 0 Å². The van der Waals surface area contributed by atoms with Crippen LogP contribution in [0.2, 0.25) is 0 Å². The molecular formula is C12H16N2O3.